The highest BCUT2D eigenvalue weighted by molar-refractivity contribution is 7.89. The van der Waals surface area contributed by atoms with E-state index >= 15 is 0 Å². The van der Waals surface area contributed by atoms with E-state index < -0.39 is 16.1 Å². The normalized spacial score (nSPS) is 18.4. The van der Waals surface area contributed by atoms with E-state index in [1.54, 1.807) is 6.92 Å². The van der Waals surface area contributed by atoms with Gasteiger partial charge in [0.1, 0.15) is 5.75 Å². The van der Waals surface area contributed by atoms with E-state index in [2.05, 4.69) is 10.0 Å². The van der Waals surface area contributed by atoms with Crippen LogP contribution in [0.1, 0.15) is 20.8 Å². The van der Waals surface area contributed by atoms with Crippen LogP contribution in [-0.4, -0.2) is 27.0 Å². The van der Waals surface area contributed by atoms with Gasteiger partial charge in [-0.3, -0.25) is 4.79 Å². The van der Waals surface area contributed by atoms with Crippen molar-refractivity contribution in [2.24, 2.45) is 5.92 Å². The van der Waals surface area contributed by atoms with Crippen molar-refractivity contribution in [1.29, 1.82) is 0 Å². The number of amides is 1. The first-order valence-corrected chi connectivity index (χ1v) is 7.89. The number of carbonyl (C=O) groups is 1. The van der Waals surface area contributed by atoms with Gasteiger partial charge in [-0.2, -0.15) is 0 Å². The molecule has 1 aliphatic rings. The van der Waals surface area contributed by atoms with E-state index in [1.807, 2.05) is 13.8 Å². The SMILES string of the molecule is CC(C)CNS(=O)(=O)c1ccc2c(c1)O[C@H](C)C(=O)N2. The molecule has 1 atom stereocenters. The van der Waals surface area contributed by atoms with Crippen LogP contribution < -0.4 is 14.8 Å². The van der Waals surface area contributed by atoms with Crippen molar-refractivity contribution >= 4 is 21.6 Å². The van der Waals surface area contributed by atoms with Gasteiger partial charge >= 0.3 is 0 Å². The molecule has 7 heteroatoms. The van der Waals surface area contributed by atoms with Gasteiger partial charge in [0.2, 0.25) is 10.0 Å². The summed E-state index contributed by atoms with van der Waals surface area (Å²) < 4.78 is 32.2. The summed E-state index contributed by atoms with van der Waals surface area (Å²) in [5.74, 6) is 0.341. The first-order chi connectivity index (χ1) is 9.29. The van der Waals surface area contributed by atoms with Gasteiger partial charge in [-0.05, 0) is 25.0 Å². The van der Waals surface area contributed by atoms with Crippen LogP contribution in [0.25, 0.3) is 0 Å². The predicted molar refractivity (Wildman–Crippen MR) is 75.2 cm³/mol. The second-order valence-corrected chi connectivity index (χ2v) is 6.92. The molecule has 1 aliphatic heterocycles. The zero-order chi connectivity index (χ0) is 14.9. The van der Waals surface area contributed by atoms with E-state index in [-0.39, 0.29) is 16.7 Å². The topological polar surface area (TPSA) is 84.5 Å². The maximum atomic E-state index is 12.1. The quantitative estimate of drug-likeness (QED) is 0.878. The molecule has 6 nitrogen and oxygen atoms in total. The number of anilines is 1. The molecule has 0 spiro atoms. The third kappa shape index (κ3) is 3.10. The average Bonchev–Trinajstić information content (AvgIpc) is 2.37. The molecule has 0 unspecified atom stereocenters. The summed E-state index contributed by atoms with van der Waals surface area (Å²) in [5, 5.41) is 2.66. The maximum absolute atomic E-state index is 12.1. The first-order valence-electron chi connectivity index (χ1n) is 6.41. The highest BCUT2D eigenvalue weighted by Crippen LogP contribution is 2.31. The van der Waals surface area contributed by atoms with E-state index in [9.17, 15) is 13.2 Å². The van der Waals surface area contributed by atoms with E-state index in [0.29, 0.717) is 18.0 Å². The van der Waals surface area contributed by atoms with Crippen molar-refractivity contribution in [3.63, 3.8) is 0 Å². The molecule has 0 aromatic heterocycles. The van der Waals surface area contributed by atoms with Crippen LogP contribution >= 0.6 is 0 Å². The Kier molecular flexibility index (Phi) is 4.01. The van der Waals surface area contributed by atoms with Gasteiger partial charge in [0.15, 0.2) is 6.10 Å². The average molecular weight is 298 g/mol. The number of sulfonamides is 1. The summed E-state index contributed by atoms with van der Waals surface area (Å²) in [6, 6.07) is 4.40. The molecule has 0 saturated heterocycles. The molecule has 2 rings (SSSR count). The van der Waals surface area contributed by atoms with Crippen molar-refractivity contribution in [1.82, 2.24) is 4.72 Å². The van der Waals surface area contributed by atoms with E-state index in [4.69, 9.17) is 4.74 Å². The second-order valence-electron chi connectivity index (χ2n) is 5.15. The standard InChI is InChI=1S/C13H18N2O4S/c1-8(2)7-14-20(17,18)10-4-5-11-12(6-10)19-9(3)13(16)15-11/h4-6,8-9,14H,7H2,1-3H3,(H,15,16)/t9-/m1/s1. The summed E-state index contributed by atoms with van der Waals surface area (Å²) in [4.78, 5) is 11.6. The number of rotatable bonds is 4. The van der Waals surface area contributed by atoms with E-state index in [1.165, 1.54) is 18.2 Å². The summed E-state index contributed by atoms with van der Waals surface area (Å²) in [5.41, 5.74) is 0.482. The number of hydrogen-bond acceptors (Lipinski definition) is 4. The molecule has 0 fully saturated rings. The minimum Gasteiger partial charge on any atom is -0.479 e. The molecule has 1 heterocycles. The van der Waals surface area contributed by atoms with Gasteiger partial charge in [0, 0.05) is 12.6 Å². The Morgan fingerprint density at radius 2 is 2.10 bits per heavy atom. The largest absolute Gasteiger partial charge is 0.479 e. The van der Waals surface area contributed by atoms with Crippen LogP contribution in [0.3, 0.4) is 0 Å². The number of carbonyl (C=O) groups excluding carboxylic acids is 1. The highest BCUT2D eigenvalue weighted by atomic mass is 32.2. The van der Waals surface area contributed by atoms with Crippen LogP contribution in [-0.2, 0) is 14.8 Å². The van der Waals surface area contributed by atoms with Crippen molar-refractivity contribution in [3.8, 4) is 5.75 Å². The fraction of sp³-hybridized carbons (Fsp3) is 0.462. The summed E-state index contributed by atoms with van der Waals surface area (Å²) in [7, 11) is -3.56. The fourth-order valence-electron chi connectivity index (χ4n) is 1.71. The van der Waals surface area contributed by atoms with Crippen LogP contribution in [0.15, 0.2) is 23.1 Å². The highest BCUT2D eigenvalue weighted by Gasteiger charge is 2.25. The molecule has 0 saturated carbocycles. The Labute approximate surface area is 118 Å². The van der Waals surface area contributed by atoms with Crippen LogP contribution in [0.5, 0.6) is 5.75 Å². The molecule has 110 valence electrons. The van der Waals surface area contributed by atoms with Gasteiger partial charge in [-0.25, -0.2) is 13.1 Å². The van der Waals surface area contributed by atoms with Crippen molar-refractivity contribution in [2.75, 3.05) is 11.9 Å². The Morgan fingerprint density at radius 1 is 1.40 bits per heavy atom. The molecule has 20 heavy (non-hydrogen) atoms. The molecule has 2 N–H and O–H groups in total. The minimum absolute atomic E-state index is 0.125. The Bertz CT molecular complexity index is 625. The lowest BCUT2D eigenvalue weighted by Gasteiger charge is -2.23. The molecule has 0 aliphatic carbocycles. The maximum Gasteiger partial charge on any atom is 0.265 e. The van der Waals surface area contributed by atoms with Crippen molar-refractivity contribution in [2.45, 2.75) is 31.8 Å². The molecular formula is C13H18N2O4S. The van der Waals surface area contributed by atoms with Gasteiger partial charge in [0.25, 0.3) is 5.91 Å². The van der Waals surface area contributed by atoms with Crippen molar-refractivity contribution < 1.29 is 17.9 Å². The number of nitrogens with one attached hydrogen (secondary N) is 2. The van der Waals surface area contributed by atoms with Crippen LogP contribution in [0.4, 0.5) is 5.69 Å². The third-order valence-corrected chi connectivity index (χ3v) is 4.30. The Balaban J connectivity index is 2.27. The van der Waals surface area contributed by atoms with Gasteiger partial charge in [-0.1, -0.05) is 13.8 Å². The zero-order valence-corrected chi connectivity index (χ0v) is 12.5. The number of benzene rings is 1. The van der Waals surface area contributed by atoms with Crippen LogP contribution in [0.2, 0.25) is 0 Å². The summed E-state index contributed by atoms with van der Waals surface area (Å²) in [6.45, 7) is 5.83. The lowest BCUT2D eigenvalue weighted by atomic mass is 10.2. The minimum atomic E-state index is -3.56. The Morgan fingerprint density at radius 3 is 2.75 bits per heavy atom. The molecule has 1 aromatic carbocycles. The fourth-order valence-corrected chi connectivity index (χ4v) is 2.94. The first kappa shape index (κ1) is 14.8. The van der Waals surface area contributed by atoms with E-state index in [0.717, 1.165) is 0 Å². The number of fused-ring (bicyclic) bond motifs is 1. The monoisotopic (exact) mass is 298 g/mol. The number of ether oxygens (including phenoxy) is 1. The molecule has 1 aromatic rings. The van der Waals surface area contributed by atoms with Crippen LogP contribution in [0, 0.1) is 5.92 Å². The van der Waals surface area contributed by atoms with Gasteiger partial charge < -0.3 is 10.1 Å². The van der Waals surface area contributed by atoms with Gasteiger partial charge in [-0.15, -0.1) is 0 Å². The zero-order valence-electron chi connectivity index (χ0n) is 11.6. The second kappa shape index (κ2) is 5.41. The summed E-state index contributed by atoms with van der Waals surface area (Å²) in [6.07, 6.45) is -0.635. The molecule has 0 radical (unpaired) electrons. The predicted octanol–water partition coefficient (Wildman–Crippen LogP) is 1.34. The lowest BCUT2D eigenvalue weighted by Crippen LogP contribution is -2.34. The number of hydrogen-bond donors (Lipinski definition) is 2. The third-order valence-electron chi connectivity index (χ3n) is 2.88. The smallest absolute Gasteiger partial charge is 0.265 e. The Hall–Kier alpha value is -1.60. The summed E-state index contributed by atoms with van der Waals surface area (Å²) >= 11 is 0. The lowest BCUT2D eigenvalue weighted by molar-refractivity contribution is -0.122. The molecule has 0 bridgehead atoms. The molecule has 1 amide bonds. The van der Waals surface area contributed by atoms with Gasteiger partial charge in [0.05, 0.1) is 10.6 Å². The molecular weight excluding hydrogens is 280 g/mol. The van der Waals surface area contributed by atoms with Crippen molar-refractivity contribution in [3.05, 3.63) is 18.2 Å².